The number of hydrogen-bond acceptors (Lipinski definition) is 0. The summed E-state index contributed by atoms with van der Waals surface area (Å²) < 4.78 is 1.61. The number of halogens is 2. The zero-order valence-corrected chi connectivity index (χ0v) is 32.6. The monoisotopic (exact) mass is 724 g/mol. The summed E-state index contributed by atoms with van der Waals surface area (Å²) in [6, 6.07) is 37.7. The SMILES string of the molecule is CC(C)(C)c1ccc2[cH-]c3ccc(C(C)(C)C)cc3c2c1.CC([C](=[Zr+2])C(C)c1ccccc1)c1ccccc1.[C-]1=CC=CC1.[Cl-].[Cl-]. The number of allylic oxidation sites excluding steroid dienone is 4. The van der Waals surface area contributed by atoms with Gasteiger partial charge in [-0.25, -0.2) is 12.2 Å². The molecule has 2 atom stereocenters. The van der Waals surface area contributed by atoms with Gasteiger partial charge in [0.15, 0.2) is 0 Å². The third-order valence-electron chi connectivity index (χ3n) is 8.56. The fourth-order valence-corrected chi connectivity index (χ4v) is 6.31. The van der Waals surface area contributed by atoms with E-state index in [0.29, 0.717) is 11.8 Å². The minimum Gasteiger partial charge on any atom is -1.00 e. The van der Waals surface area contributed by atoms with Crippen molar-refractivity contribution in [3.63, 3.8) is 0 Å². The van der Waals surface area contributed by atoms with Gasteiger partial charge >= 0.3 is 125 Å². The predicted octanol–water partition coefficient (Wildman–Crippen LogP) is 5.93. The smallest absolute Gasteiger partial charge is 0.109 e. The van der Waals surface area contributed by atoms with E-state index in [1.54, 1.807) is 27.4 Å². The minimum absolute atomic E-state index is 0. The van der Waals surface area contributed by atoms with Crippen LogP contribution in [0.5, 0.6) is 0 Å². The molecule has 0 radical (unpaired) electrons. The molecule has 0 aromatic heterocycles. The molecule has 1 aliphatic rings. The van der Waals surface area contributed by atoms with E-state index in [2.05, 4.69) is 171 Å². The Kier molecular flexibility index (Phi) is 15.2. The van der Waals surface area contributed by atoms with Crippen LogP contribution in [0.15, 0.2) is 121 Å². The number of hydrogen-bond donors (Lipinski definition) is 0. The van der Waals surface area contributed by atoms with Gasteiger partial charge in [-0.15, -0.1) is 46.2 Å². The Morgan fingerprint density at radius 2 is 1.07 bits per heavy atom. The zero-order chi connectivity index (χ0) is 31.9. The van der Waals surface area contributed by atoms with Crippen molar-refractivity contribution in [3.05, 3.63) is 150 Å². The van der Waals surface area contributed by atoms with E-state index in [0.717, 1.165) is 6.42 Å². The fourth-order valence-electron chi connectivity index (χ4n) is 5.49. The Morgan fingerprint density at radius 3 is 1.37 bits per heavy atom. The van der Waals surface area contributed by atoms with Crippen LogP contribution in [0.25, 0.3) is 21.5 Å². The molecule has 5 aromatic carbocycles. The molecule has 0 amide bonds. The molecule has 0 bridgehead atoms. The van der Waals surface area contributed by atoms with E-state index in [-0.39, 0.29) is 35.6 Å². The number of rotatable bonds is 4. The van der Waals surface area contributed by atoms with Crippen LogP contribution >= 0.6 is 0 Å². The van der Waals surface area contributed by atoms with Crippen molar-refractivity contribution in [3.8, 4) is 0 Å². The van der Waals surface area contributed by atoms with E-state index in [9.17, 15) is 0 Å². The zero-order valence-electron chi connectivity index (χ0n) is 28.7. The van der Waals surface area contributed by atoms with Gasteiger partial charge in [0.05, 0.1) is 0 Å². The van der Waals surface area contributed by atoms with Gasteiger partial charge in [-0.3, -0.25) is 6.08 Å². The Morgan fingerprint density at radius 1 is 0.652 bits per heavy atom. The van der Waals surface area contributed by atoms with Gasteiger partial charge in [0.2, 0.25) is 0 Å². The summed E-state index contributed by atoms with van der Waals surface area (Å²) in [5.41, 5.74) is 6.05. The van der Waals surface area contributed by atoms with Crippen molar-refractivity contribution in [2.24, 2.45) is 0 Å². The van der Waals surface area contributed by atoms with Gasteiger partial charge in [0.1, 0.15) is 0 Å². The molecule has 0 nitrogen and oxygen atoms in total. The van der Waals surface area contributed by atoms with E-state index < -0.39 is 0 Å². The first-order chi connectivity index (χ1) is 20.9. The maximum absolute atomic E-state index is 2.99. The molecule has 5 aromatic rings. The maximum Gasteiger partial charge on any atom is -0.109 e. The normalized spacial score (nSPS) is 13.4. The van der Waals surface area contributed by atoms with Crippen LogP contribution in [0, 0.1) is 6.08 Å². The number of benzene rings is 4. The van der Waals surface area contributed by atoms with Crippen molar-refractivity contribution in [2.75, 3.05) is 0 Å². The van der Waals surface area contributed by atoms with Gasteiger partial charge < -0.3 is 24.8 Å². The van der Waals surface area contributed by atoms with E-state index >= 15 is 0 Å². The van der Waals surface area contributed by atoms with Crippen LogP contribution in [-0.2, 0) is 35.1 Å². The van der Waals surface area contributed by atoms with E-state index in [1.165, 1.54) is 43.8 Å². The standard InChI is InChI=1S/C21H25.C17H18.C5H5.2ClH.Zr/c1-20(2,3)16-9-7-14-11-15-8-10-17(21(4,5)6)13-19(15)18(14)12-16;1-14(16-9-5-3-6-10-16)13-15(2)17-11-7-4-8-12-17;1-2-4-5-3-1;;;/h7-13H,1-6H3;3-12,14-15H,1-2H3;1-3H,4H2;2*1H;/q-1;;-1;;;+2/p-2. The molecule has 6 rings (SSSR count). The quantitative estimate of drug-likeness (QED) is 0.202. The summed E-state index contributed by atoms with van der Waals surface area (Å²) in [6.45, 7) is 18.3. The average molecular weight is 727 g/mol. The van der Waals surface area contributed by atoms with Crippen LogP contribution in [0.3, 0.4) is 0 Å². The fraction of sp³-hybridized carbons (Fsp3) is 0.302. The molecule has 0 N–H and O–H groups in total. The van der Waals surface area contributed by atoms with Gasteiger partial charge in [0, 0.05) is 0 Å². The summed E-state index contributed by atoms with van der Waals surface area (Å²) in [5.74, 6) is 1.08. The van der Waals surface area contributed by atoms with E-state index in [4.69, 9.17) is 0 Å². The minimum atomic E-state index is 0. The molecule has 240 valence electrons. The first kappa shape index (κ1) is 39.7. The third-order valence-corrected chi connectivity index (χ3v) is 10.7. The molecular weight excluding hydrogens is 679 g/mol. The topological polar surface area (TPSA) is 0 Å². The van der Waals surface area contributed by atoms with Crippen molar-refractivity contribution < 1.29 is 49.0 Å². The van der Waals surface area contributed by atoms with Gasteiger partial charge in [-0.05, 0) is 10.8 Å². The van der Waals surface area contributed by atoms with Crippen molar-refractivity contribution in [1.29, 1.82) is 0 Å². The van der Waals surface area contributed by atoms with Crippen LogP contribution in [0.4, 0.5) is 0 Å². The van der Waals surface area contributed by atoms with Gasteiger partial charge in [0.25, 0.3) is 0 Å². The maximum atomic E-state index is 2.99. The van der Waals surface area contributed by atoms with Crippen molar-refractivity contribution >= 4 is 24.8 Å². The van der Waals surface area contributed by atoms with Gasteiger partial charge in [-0.2, -0.15) is 6.08 Å². The molecule has 0 saturated carbocycles. The molecule has 46 heavy (non-hydrogen) atoms. The Bertz CT molecular complexity index is 1600. The second kappa shape index (κ2) is 17.6. The Hall–Kier alpha value is -2.44. The summed E-state index contributed by atoms with van der Waals surface area (Å²) >= 11 is 1.54. The Balaban J connectivity index is 0.000000270. The third kappa shape index (κ3) is 10.5. The molecule has 2 unspecified atom stereocenters. The molecule has 0 heterocycles. The summed E-state index contributed by atoms with van der Waals surface area (Å²) in [7, 11) is 0. The van der Waals surface area contributed by atoms with Crippen LogP contribution in [0.1, 0.15) is 95.9 Å². The molecule has 1 aliphatic carbocycles. The van der Waals surface area contributed by atoms with Crippen LogP contribution < -0.4 is 24.8 Å². The average Bonchev–Trinajstić information content (AvgIpc) is 3.72. The molecular formula is C43H48Cl2Zr-2. The molecule has 0 spiro atoms. The van der Waals surface area contributed by atoms with Crippen molar-refractivity contribution in [1.82, 2.24) is 0 Å². The van der Waals surface area contributed by atoms with Crippen molar-refractivity contribution in [2.45, 2.75) is 84.5 Å². The molecule has 3 heteroatoms. The first-order valence-corrected chi connectivity index (χ1v) is 17.1. The largest absolute Gasteiger partial charge is 1.00 e. The Labute approximate surface area is 305 Å². The van der Waals surface area contributed by atoms with Crippen LogP contribution in [-0.4, -0.2) is 3.21 Å². The first-order valence-electron chi connectivity index (χ1n) is 15.9. The summed E-state index contributed by atoms with van der Waals surface area (Å²) in [4.78, 5) is 0. The second-order valence-electron chi connectivity index (χ2n) is 14.0. The van der Waals surface area contributed by atoms with E-state index in [1.807, 2.05) is 12.2 Å². The summed E-state index contributed by atoms with van der Waals surface area (Å²) in [5, 5.41) is 5.49. The van der Waals surface area contributed by atoms with Crippen LogP contribution in [0.2, 0.25) is 0 Å². The number of fused-ring (bicyclic) bond motifs is 3. The molecule has 0 fully saturated rings. The summed E-state index contributed by atoms with van der Waals surface area (Å²) in [6.07, 6.45) is 10.0. The molecule has 0 saturated heterocycles. The van der Waals surface area contributed by atoms with Gasteiger partial charge in [-0.1, -0.05) is 76.9 Å². The second-order valence-corrected chi connectivity index (χ2v) is 15.4. The molecule has 0 aliphatic heterocycles. The predicted molar refractivity (Wildman–Crippen MR) is 191 cm³/mol.